The normalized spacial score (nSPS) is 11.0. The highest BCUT2D eigenvalue weighted by molar-refractivity contribution is 6.11. The average molecular weight is 454 g/mol. The third kappa shape index (κ3) is 4.56. The molecule has 4 N–H and O–H groups in total. The minimum absolute atomic E-state index is 0.0399. The van der Waals surface area contributed by atoms with Gasteiger partial charge in [0.15, 0.2) is 5.75 Å². The van der Waals surface area contributed by atoms with Crippen LogP contribution >= 0.6 is 0 Å². The molecular formula is C26H22N4O4. The van der Waals surface area contributed by atoms with Crippen LogP contribution in [0.2, 0.25) is 0 Å². The lowest BCUT2D eigenvalue weighted by molar-refractivity contribution is 0.0997. The maximum Gasteiger partial charge on any atom is 0.259 e. The van der Waals surface area contributed by atoms with Crippen molar-refractivity contribution in [3.8, 4) is 11.5 Å². The predicted octanol–water partition coefficient (Wildman–Crippen LogP) is 5.63. The van der Waals surface area contributed by atoms with E-state index >= 15 is 0 Å². The third-order valence-corrected chi connectivity index (χ3v) is 5.32. The largest absolute Gasteiger partial charge is 0.505 e. The number of azo groups is 1. The molecule has 2 amide bonds. The van der Waals surface area contributed by atoms with E-state index in [4.69, 9.17) is 10.5 Å². The summed E-state index contributed by atoms with van der Waals surface area (Å²) in [5.74, 6) is -0.823. The number of methoxy groups -OCH3 is 1. The van der Waals surface area contributed by atoms with Gasteiger partial charge >= 0.3 is 0 Å². The summed E-state index contributed by atoms with van der Waals surface area (Å²) >= 11 is 0. The molecule has 0 saturated heterocycles. The molecule has 0 atom stereocenters. The Kier molecular flexibility index (Phi) is 6.22. The number of anilines is 1. The molecule has 0 aliphatic rings. The van der Waals surface area contributed by atoms with Gasteiger partial charge in [-0.2, -0.15) is 5.11 Å². The van der Waals surface area contributed by atoms with Gasteiger partial charge in [-0.15, -0.1) is 5.11 Å². The third-order valence-electron chi connectivity index (χ3n) is 5.32. The van der Waals surface area contributed by atoms with Gasteiger partial charge in [0.1, 0.15) is 11.4 Å². The molecule has 0 aromatic heterocycles. The number of nitrogens with two attached hydrogens (primary N) is 1. The van der Waals surface area contributed by atoms with Crippen LogP contribution in [-0.4, -0.2) is 24.0 Å². The molecule has 4 aromatic carbocycles. The second-order valence-electron chi connectivity index (χ2n) is 7.59. The lowest BCUT2D eigenvalue weighted by Crippen LogP contribution is -2.12. The van der Waals surface area contributed by atoms with E-state index < -0.39 is 11.8 Å². The molecule has 0 aliphatic heterocycles. The molecule has 170 valence electrons. The Hall–Kier alpha value is -4.72. The number of hydrogen-bond acceptors (Lipinski definition) is 6. The van der Waals surface area contributed by atoms with Gasteiger partial charge in [-0.3, -0.25) is 9.59 Å². The second-order valence-corrected chi connectivity index (χ2v) is 7.59. The molecule has 8 heteroatoms. The van der Waals surface area contributed by atoms with E-state index in [-0.39, 0.29) is 17.0 Å². The number of primary amides is 1. The number of nitrogens with one attached hydrogen (secondary N) is 1. The number of carbonyl (C=O) groups is 2. The lowest BCUT2D eigenvalue weighted by Gasteiger charge is -2.12. The summed E-state index contributed by atoms with van der Waals surface area (Å²) in [5, 5.41) is 23.6. The van der Waals surface area contributed by atoms with Crippen LogP contribution in [0.4, 0.5) is 17.1 Å². The van der Waals surface area contributed by atoms with Crippen molar-refractivity contribution in [3.05, 3.63) is 89.5 Å². The number of ether oxygens (including phenoxy) is 1. The van der Waals surface area contributed by atoms with Gasteiger partial charge in [0, 0.05) is 22.7 Å². The first-order valence-electron chi connectivity index (χ1n) is 10.4. The van der Waals surface area contributed by atoms with Crippen molar-refractivity contribution < 1.29 is 19.4 Å². The van der Waals surface area contributed by atoms with Gasteiger partial charge in [-0.25, -0.2) is 0 Å². The smallest absolute Gasteiger partial charge is 0.259 e. The van der Waals surface area contributed by atoms with E-state index in [0.29, 0.717) is 33.5 Å². The van der Waals surface area contributed by atoms with Gasteiger partial charge < -0.3 is 20.9 Å². The van der Waals surface area contributed by atoms with Gasteiger partial charge in [0.25, 0.3) is 5.91 Å². The number of aromatic hydroxyl groups is 1. The Balaban J connectivity index is 1.77. The molecule has 34 heavy (non-hydrogen) atoms. The van der Waals surface area contributed by atoms with Crippen LogP contribution in [0.3, 0.4) is 0 Å². The SMILES string of the molecule is COc1cccc(NC(=O)c2cc3ccccc3c(N=Nc3cc(C(N)=O)ccc3C)c2O)c1. The van der Waals surface area contributed by atoms with Crippen LogP contribution in [0.5, 0.6) is 11.5 Å². The highest BCUT2D eigenvalue weighted by atomic mass is 16.5. The van der Waals surface area contributed by atoms with E-state index in [1.54, 1.807) is 54.6 Å². The molecule has 0 spiro atoms. The standard InChI is InChI=1S/C26H22N4O4/c1-15-10-11-17(25(27)32)13-22(15)29-30-23-20-9-4-3-6-16(20)12-21(24(23)31)26(33)28-18-7-5-8-19(14-18)34-2/h3-14,31H,1-2H3,(H2,27,32)(H,28,33). The quantitative estimate of drug-likeness (QED) is 0.326. The van der Waals surface area contributed by atoms with Crippen LogP contribution in [0, 0.1) is 6.92 Å². The molecule has 4 aromatic rings. The summed E-state index contributed by atoms with van der Waals surface area (Å²) in [7, 11) is 1.54. The van der Waals surface area contributed by atoms with Crippen molar-refractivity contribution >= 4 is 39.6 Å². The number of phenols is 1. The molecule has 8 nitrogen and oxygen atoms in total. The maximum absolute atomic E-state index is 13.0. The number of hydrogen-bond donors (Lipinski definition) is 3. The Morgan fingerprint density at radius 2 is 1.76 bits per heavy atom. The Morgan fingerprint density at radius 3 is 2.53 bits per heavy atom. The number of nitrogens with zero attached hydrogens (tertiary/aromatic N) is 2. The molecule has 0 fully saturated rings. The lowest BCUT2D eigenvalue weighted by atomic mass is 10.0. The highest BCUT2D eigenvalue weighted by Gasteiger charge is 2.19. The predicted molar refractivity (Wildman–Crippen MR) is 130 cm³/mol. The summed E-state index contributed by atoms with van der Waals surface area (Å²) in [5.41, 5.74) is 7.54. The zero-order chi connectivity index (χ0) is 24.2. The Morgan fingerprint density at radius 1 is 0.971 bits per heavy atom. The number of amides is 2. The van der Waals surface area contributed by atoms with Crippen LogP contribution in [0.1, 0.15) is 26.3 Å². The van der Waals surface area contributed by atoms with Crippen LogP contribution in [0.15, 0.2) is 83.0 Å². The summed E-state index contributed by atoms with van der Waals surface area (Å²) < 4.78 is 5.19. The summed E-state index contributed by atoms with van der Waals surface area (Å²) in [6.45, 7) is 1.81. The van der Waals surface area contributed by atoms with Crippen molar-refractivity contribution in [2.75, 3.05) is 12.4 Å². The number of carbonyl (C=O) groups excluding carboxylic acids is 2. The number of rotatable bonds is 6. The maximum atomic E-state index is 13.0. The van der Waals surface area contributed by atoms with Gasteiger partial charge in [0.05, 0.1) is 18.4 Å². The number of benzene rings is 4. The minimum atomic E-state index is -0.582. The summed E-state index contributed by atoms with van der Waals surface area (Å²) in [4.78, 5) is 24.6. The zero-order valence-corrected chi connectivity index (χ0v) is 18.6. The molecular weight excluding hydrogens is 432 g/mol. The fourth-order valence-corrected chi connectivity index (χ4v) is 3.47. The topological polar surface area (TPSA) is 126 Å². The van der Waals surface area contributed by atoms with E-state index in [0.717, 1.165) is 5.56 Å². The minimum Gasteiger partial charge on any atom is -0.505 e. The molecule has 0 aliphatic carbocycles. The second kappa shape index (κ2) is 9.41. The van der Waals surface area contributed by atoms with Crippen molar-refractivity contribution in [1.29, 1.82) is 0 Å². The van der Waals surface area contributed by atoms with Crippen molar-refractivity contribution in [2.45, 2.75) is 6.92 Å². The van der Waals surface area contributed by atoms with E-state index in [1.807, 2.05) is 19.1 Å². The Bertz CT molecular complexity index is 1450. The van der Waals surface area contributed by atoms with E-state index in [9.17, 15) is 14.7 Å². The molecule has 0 saturated carbocycles. The van der Waals surface area contributed by atoms with Crippen LogP contribution in [-0.2, 0) is 0 Å². The van der Waals surface area contributed by atoms with Crippen molar-refractivity contribution in [2.24, 2.45) is 16.0 Å². The number of phenolic OH excluding ortho intramolecular Hbond substituents is 1. The summed E-state index contributed by atoms with van der Waals surface area (Å²) in [6, 6.07) is 20.6. The Labute approximate surface area is 195 Å². The number of aryl methyl sites for hydroxylation is 1. The van der Waals surface area contributed by atoms with E-state index in [2.05, 4.69) is 15.5 Å². The van der Waals surface area contributed by atoms with Crippen LogP contribution in [0.25, 0.3) is 10.8 Å². The fourth-order valence-electron chi connectivity index (χ4n) is 3.47. The molecule has 0 unspecified atom stereocenters. The first kappa shape index (κ1) is 22.5. The molecule has 0 bridgehead atoms. The highest BCUT2D eigenvalue weighted by Crippen LogP contribution is 2.40. The van der Waals surface area contributed by atoms with Gasteiger partial charge in [-0.1, -0.05) is 36.4 Å². The van der Waals surface area contributed by atoms with Gasteiger partial charge in [-0.05, 0) is 48.2 Å². The molecule has 0 heterocycles. The average Bonchev–Trinajstić information content (AvgIpc) is 2.84. The molecule has 0 radical (unpaired) electrons. The van der Waals surface area contributed by atoms with Crippen molar-refractivity contribution in [3.63, 3.8) is 0 Å². The number of fused-ring (bicyclic) bond motifs is 1. The first-order chi connectivity index (χ1) is 16.4. The van der Waals surface area contributed by atoms with Gasteiger partial charge in [0.2, 0.25) is 5.91 Å². The van der Waals surface area contributed by atoms with Crippen molar-refractivity contribution in [1.82, 2.24) is 0 Å². The fraction of sp³-hybridized carbons (Fsp3) is 0.0769. The van der Waals surface area contributed by atoms with Crippen LogP contribution < -0.4 is 15.8 Å². The van der Waals surface area contributed by atoms with E-state index in [1.165, 1.54) is 13.2 Å². The monoisotopic (exact) mass is 454 g/mol. The summed E-state index contributed by atoms with van der Waals surface area (Å²) in [6.07, 6.45) is 0. The molecule has 4 rings (SSSR count). The first-order valence-corrected chi connectivity index (χ1v) is 10.4. The zero-order valence-electron chi connectivity index (χ0n) is 18.6.